The molecule has 0 saturated carbocycles. The van der Waals surface area contributed by atoms with Gasteiger partial charge in [0.2, 0.25) is 0 Å². The molecular weight excluding hydrogens is 386 g/mol. The van der Waals surface area contributed by atoms with E-state index >= 15 is 0 Å². The molecule has 0 radical (unpaired) electrons. The van der Waals surface area contributed by atoms with Crippen LogP contribution in [0.25, 0.3) is 0 Å². The lowest BCUT2D eigenvalue weighted by Crippen LogP contribution is -2.40. The fraction of sp³-hybridized carbons (Fsp3) is 0.160. The van der Waals surface area contributed by atoms with Crippen LogP contribution in [0.4, 0.5) is 5.69 Å². The molecule has 1 amide bonds. The second-order valence-electron chi connectivity index (χ2n) is 7.36. The molecule has 0 bridgehead atoms. The second-order valence-corrected chi connectivity index (χ2v) is 7.36. The summed E-state index contributed by atoms with van der Waals surface area (Å²) in [6.07, 6.45) is 0.517. The van der Waals surface area contributed by atoms with Crippen LogP contribution in [0.2, 0.25) is 0 Å². The van der Waals surface area contributed by atoms with Crippen molar-refractivity contribution >= 4 is 23.3 Å². The molecule has 31 heavy (non-hydrogen) atoms. The van der Waals surface area contributed by atoms with Gasteiger partial charge in [-0.25, -0.2) is 0 Å². The SMILES string of the molecule is NC(N)=NCCN1C(=O)C(Cc2ccccc2)N=C(c2ccccc2)c2ccccc21. The molecule has 3 aromatic carbocycles. The third kappa shape index (κ3) is 4.64. The van der Waals surface area contributed by atoms with Crippen molar-refractivity contribution in [1.29, 1.82) is 0 Å². The van der Waals surface area contributed by atoms with E-state index in [4.69, 9.17) is 16.5 Å². The summed E-state index contributed by atoms with van der Waals surface area (Å²) in [5.41, 5.74) is 15.6. The summed E-state index contributed by atoms with van der Waals surface area (Å²) in [7, 11) is 0. The fourth-order valence-electron chi connectivity index (χ4n) is 3.79. The Morgan fingerprint density at radius 1 is 0.903 bits per heavy atom. The largest absolute Gasteiger partial charge is 0.370 e. The van der Waals surface area contributed by atoms with Crippen LogP contribution < -0.4 is 16.4 Å². The van der Waals surface area contributed by atoms with E-state index in [9.17, 15) is 4.79 Å². The van der Waals surface area contributed by atoms with Gasteiger partial charge in [0.25, 0.3) is 5.91 Å². The third-order valence-corrected chi connectivity index (χ3v) is 5.22. The van der Waals surface area contributed by atoms with E-state index in [1.165, 1.54) is 0 Å². The van der Waals surface area contributed by atoms with Crippen LogP contribution in [-0.2, 0) is 11.2 Å². The number of hydrogen-bond donors (Lipinski definition) is 2. The van der Waals surface area contributed by atoms with Crippen molar-refractivity contribution in [1.82, 2.24) is 0 Å². The summed E-state index contributed by atoms with van der Waals surface area (Å²) in [5, 5.41) is 0. The minimum Gasteiger partial charge on any atom is -0.370 e. The molecule has 1 unspecified atom stereocenters. The number of carbonyl (C=O) groups is 1. The first kappa shape index (κ1) is 20.3. The van der Waals surface area contributed by atoms with Crippen molar-refractivity contribution < 1.29 is 4.79 Å². The van der Waals surface area contributed by atoms with Crippen LogP contribution >= 0.6 is 0 Å². The molecule has 4 N–H and O–H groups in total. The Kier molecular flexibility index (Phi) is 6.08. The summed E-state index contributed by atoms with van der Waals surface area (Å²) in [5.74, 6) is -0.0503. The molecule has 6 nitrogen and oxygen atoms in total. The van der Waals surface area contributed by atoms with E-state index in [0.717, 1.165) is 28.1 Å². The summed E-state index contributed by atoms with van der Waals surface area (Å²) < 4.78 is 0. The summed E-state index contributed by atoms with van der Waals surface area (Å²) in [4.78, 5) is 24.5. The number of benzodiazepines with no additional fused rings is 1. The number of fused-ring (bicyclic) bond motifs is 1. The average molecular weight is 412 g/mol. The molecule has 0 saturated heterocycles. The number of para-hydroxylation sites is 1. The van der Waals surface area contributed by atoms with Crippen LogP contribution in [0.5, 0.6) is 0 Å². The third-order valence-electron chi connectivity index (χ3n) is 5.22. The van der Waals surface area contributed by atoms with Gasteiger partial charge in [-0.1, -0.05) is 78.9 Å². The van der Waals surface area contributed by atoms with E-state index in [2.05, 4.69) is 4.99 Å². The van der Waals surface area contributed by atoms with Crippen LogP contribution in [0.3, 0.4) is 0 Å². The Hall–Kier alpha value is -3.93. The van der Waals surface area contributed by atoms with Gasteiger partial charge in [-0.3, -0.25) is 14.8 Å². The van der Waals surface area contributed by atoms with Crippen molar-refractivity contribution in [3.05, 3.63) is 102 Å². The van der Waals surface area contributed by atoms with Gasteiger partial charge in [-0.05, 0) is 11.6 Å². The maximum Gasteiger partial charge on any atom is 0.252 e. The minimum absolute atomic E-state index is 0.0117. The van der Waals surface area contributed by atoms with Crippen LogP contribution in [0.15, 0.2) is 94.9 Å². The summed E-state index contributed by atoms with van der Waals surface area (Å²) >= 11 is 0. The second kappa shape index (κ2) is 9.26. The number of nitrogens with zero attached hydrogens (tertiary/aromatic N) is 3. The van der Waals surface area contributed by atoms with Gasteiger partial charge >= 0.3 is 0 Å². The zero-order valence-corrected chi connectivity index (χ0v) is 17.2. The predicted molar refractivity (Wildman–Crippen MR) is 125 cm³/mol. The normalized spacial score (nSPS) is 15.6. The minimum atomic E-state index is -0.552. The van der Waals surface area contributed by atoms with Crippen LogP contribution in [-0.4, -0.2) is 36.7 Å². The predicted octanol–water partition coefficient (Wildman–Crippen LogP) is 2.76. The zero-order chi connectivity index (χ0) is 21.6. The van der Waals surface area contributed by atoms with Crippen molar-refractivity contribution in [3.63, 3.8) is 0 Å². The molecule has 4 rings (SSSR count). The van der Waals surface area contributed by atoms with Crippen molar-refractivity contribution in [2.75, 3.05) is 18.0 Å². The molecule has 156 valence electrons. The van der Waals surface area contributed by atoms with Gasteiger partial charge in [0.05, 0.1) is 17.9 Å². The Morgan fingerprint density at radius 3 is 2.26 bits per heavy atom. The maximum absolute atomic E-state index is 13.7. The monoisotopic (exact) mass is 411 g/mol. The van der Waals surface area contributed by atoms with Crippen LogP contribution in [0.1, 0.15) is 16.7 Å². The van der Waals surface area contributed by atoms with E-state index < -0.39 is 6.04 Å². The van der Waals surface area contributed by atoms with Gasteiger partial charge < -0.3 is 16.4 Å². The average Bonchev–Trinajstić information content (AvgIpc) is 2.91. The molecule has 3 aromatic rings. The zero-order valence-electron chi connectivity index (χ0n) is 17.2. The van der Waals surface area contributed by atoms with Crippen molar-refractivity contribution in [3.8, 4) is 0 Å². The Balaban J connectivity index is 1.81. The van der Waals surface area contributed by atoms with Crippen molar-refractivity contribution in [2.24, 2.45) is 21.5 Å². The van der Waals surface area contributed by atoms with E-state index in [1.807, 2.05) is 84.9 Å². The number of rotatable bonds is 6. The first-order valence-corrected chi connectivity index (χ1v) is 10.3. The van der Waals surface area contributed by atoms with Gasteiger partial charge in [0.1, 0.15) is 6.04 Å². The number of amides is 1. The number of guanidine groups is 1. The molecule has 1 aliphatic heterocycles. The highest BCUT2D eigenvalue weighted by Gasteiger charge is 2.31. The molecule has 1 heterocycles. The Bertz CT molecular complexity index is 1110. The van der Waals surface area contributed by atoms with Gasteiger partial charge in [0, 0.05) is 24.1 Å². The highest BCUT2D eigenvalue weighted by atomic mass is 16.2. The molecule has 0 spiro atoms. The lowest BCUT2D eigenvalue weighted by atomic mass is 10.00. The Morgan fingerprint density at radius 2 is 1.55 bits per heavy atom. The fourth-order valence-corrected chi connectivity index (χ4v) is 3.79. The first-order valence-electron chi connectivity index (χ1n) is 10.3. The van der Waals surface area contributed by atoms with Gasteiger partial charge in [-0.2, -0.15) is 0 Å². The van der Waals surface area contributed by atoms with E-state index in [-0.39, 0.29) is 11.9 Å². The molecule has 1 aliphatic rings. The standard InChI is InChI=1S/C25H25N5O/c26-25(27)28-15-16-30-22-14-8-7-13-20(22)23(19-11-5-2-6-12-19)29-21(24(30)31)17-18-9-3-1-4-10-18/h1-14,21H,15-17H2,(H4,26,27,28). The highest BCUT2D eigenvalue weighted by Crippen LogP contribution is 2.29. The number of anilines is 1. The first-order chi connectivity index (χ1) is 15.1. The molecular formula is C25H25N5O. The molecule has 0 aliphatic carbocycles. The lowest BCUT2D eigenvalue weighted by molar-refractivity contribution is -0.119. The smallest absolute Gasteiger partial charge is 0.252 e. The van der Waals surface area contributed by atoms with Gasteiger partial charge in [-0.15, -0.1) is 0 Å². The van der Waals surface area contributed by atoms with Crippen molar-refractivity contribution in [2.45, 2.75) is 12.5 Å². The number of carbonyl (C=O) groups excluding carboxylic acids is 1. The van der Waals surface area contributed by atoms with Gasteiger partial charge in [0.15, 0.2) is 5.96 Å². The Labute approximate surface area is 181 Å². The number of hydrogen-bond acceptors (Lipinski definition) is 3. The summed E-state index contributed by atoms with van der Waals surface area (Å²) in [6.45, 7) is 0.692. The molecule has 0 fully saturated rings. The molecule has 0 aromatic heterocycles. The maximum atomic E-state index is 13.7. The topological polar surface area (TPSA) is 97.1 Å². The van der Waals surface area contributed by atoms with E-state index in [0.29, 0.717) is 19.5 Å². The van der Waals surface area contributed by atoms with E-state index in [1.54, 1.807) is 4.90 Å². The molecule has 6 heteroatoms. The lowest BCUT2D eigenvalue weighted by Gasteiger charge is -2.24. The number of aliphatic imine (C=N–C) groups is 2. The number of nitrogens with two attached hydrogens (primary N) is 2. The van der Waals surface area contributed by atoms with Crippen LogP contribution in [0, 0.1) is 0 Å². The molecule has 1 atom stereocenters. The number of benzene rings is 3. The quantitative estimate of drug-likeness (QED) is 0.482. The highest BCUT2D eigenvalue weighted by molar-refractivity contribution is 6.20. The summed E-state index contributed by atoms with van der Waals surface area (Å²) in [6, 6.07) is 27.2.